The number of carbonyl (C=O) groups is 2. The van der Waals surface area contributed by atoms with Crippen LogP contribution >= 0.6 is 9.90 Å². The summed E-state index contributed by atoms with van der Waals surface area (Å²) in [7, 11) is 1.70. The van der Waals surface area contributed by atoms with E-state index in [1.165, 1.54) is 20.1 Å². The van der Waals surface area contributed by atoms with E-state index in [2.05, 4.69) is 30.1 Å². The van der Waals surface area contributed by atoms with Gasteiger partial charge in [-0.3, -0.25) is 19.1 Å². The predicted octanol–water partition coefficient (Wildman–Crippen LogP) is -1.85. The molecule has 0 aliphatic carbocycles. The minimum Gasteiger partial charge on any atom is -0.430 e. The van der Waals surface area contributed by atoms with Crippen molar-refractivity contribution in [2.75, 3.05) is 0 Å². The van der Waals surface area contributed by atoms with E-state index in [-0.39, 0.29) is 21.7 Å². The molecule has 1 unspecified atom stereocenters. The fourth-order valence-electron chi connectivity index (χ4n) is 0.349. The molecule has 0 bridgehead atoms. The molecule has 13 heteroatoms. The van der Waals surface area contributed by atoms with Gasteiger partial charge in [-0.15, -0.1) is 5.16 Å². The lowest BCUT2D eigenvalue weighted by molar-refractivity contribution is -0.126. The van der Waals surface area contributed by atoms with Gasteiger partial charge in [0.25, 0.3) is 0 Å². The molecule has 4 N–H and O–H groups in total. The van der Waals surface area contributed by atoms with Crippen molar-refractivity contribution in [2.45, 2.75) is 20.8 Å². The van der Waals surface area contributed by atoms with Crippen molar-refractivity contribution in [3.8, 4) is 0 Å². The van der Waals surface area contributed by atoms with Gasteiger partial charge in [0.1, 0.15) is 0 Å². The van der Waals surface area contributed by atoms with Crippen LogP contribution in [-0.2, 0) is 28.6 Å². The van der Waals surface area contributed by atoms with Gasteiger partial charge in [0.15, 0.2) is 0 Å². The molecule has 0 rings (SSSR count). The highest BCUT2D eigenvalue weighted by Gasteiger charge is 1.94. The molecular weight excluding hydrogens is 277 g/mol. The molecule has 0 aliphatic heterocycles. The van der Waals surface area contributed by atoms with E-state index in [9.17, 15) is 9.59 Å². The summed E-state index contributed by atoms with van der Waals surface area (Å²) in [5.41, 5.74) is 3.96. The van der Waals surface area contributed by atoms with Gasteiger partial charge in [0.05, 0.1) is 0 Å². The fraction of sp³-hybridized carbons (Fsp3) is 0.500. The van der Waals surface area contributed by atoms with Crippen LogP contribution < -0.4 is 16.9 Å². The van der Waals surface area contributed by atoms with Crippen LogP contribution in [0.4, 0.5) is 0 Å². The van der Waals surface area contributed by atoms with Crippen LogP contribution in [0.25, 0.3) is 0 Å². The molecule has 108 valence electrons. The normalized spacial score (nSPS) is 8.42. The second kappa shape index (κ2) is 19.2. The molecular formula is C6H17B2N4O6P. The molecule has 2 amide bonds. The standard InChI is InChI=1S/C4H8BN2O3.C2H6BN2O3.H3P/c1-3-6-9-5-10-7-4(2)8;1-2(6)5-8-3-7-4;/h3H,1-2H3,(H,7,8);4H2,1H3,(H,5,6);1H3/b6-3+;;. The van der Waals surface area contributed by atoms with Gasteiger partial charge in [0, 0.05) is 20.1 Å². The van der Waals surface area contributed by atoms with Crippen LogP contribution in [0.15, 0.2) is 5.16 Å². The molecule has 1 atom stereocenters. The molecule has 0 fully saturated rings. The number of oxime groups is 1. The van der Waals surface area contributed by atoms with Crippen molar-refractivity contribution in [3.05, 3.63) is 0 Å². The molecule has 0 saturated carbocycles. The third-order valence-corrected chi connectivity index (χ3v) is 0.766. The number of nitrogens with zero attached hydrogens (tertiary/aromatic N) is 1. The molecule has 0 aromatic rings. The molecule has 0 heterocycles. The Hall–Kier alpha value is -1.19. The van der Waals surface area contributed by atoms with E-state index < -0.39 is 0 Å². The average molecular weight is 294 g/mol. The van der Waals surface area contributed by atoms with E-state index in [0.29, 0.717) is 0 Å². The quantitative estimate of drug-likeness (QED) is 0.165. The van der Waals surface area contributed by atoms with Gasteiger partial charge in [-0.25, -0.2) is 16.9 Å². The smallest absolute Gasteiger partial charge is 0.430 e. The van der Waals surface area contributed by atoms with Gasteiger partial charge < -0.3 is 9.51 Å². The Labute approximate surface area is 115 Å². The van der Waals surface area contributed by atoms with Crippen LogP contribution in [0.5, 0.6) is 0 Å². The number of carbonyl (C=O) groups excluding carboxylic acids is 2. The molecule has 2 radical (unpaired) electrons. The number of hydrogen-bond donors (Lipinski definition) is 3. The number of nitrogens with two attached hydrogens (primary N) is 1. The van der Waals surface area contributed by atoms with E-state index in [1.807, 2.05) is 11.0 Å². The van der Waals surface area contributed by atoms with Gasteiger partial charge in [-0.2, -0.15) is 9.90 Å². The maximum absolute atomic E-state index is 10.1. The average Bonchev–Trinajstić information content (AvgIpc) is 2.29. The summed E-state index contributed by atoms with van der Waals surface area (Å²) in [6.45, 7) is 4.30. The molecule has 0 aliphatic rings. The number of hydrogen-bond acceptors (Lipinski definition) is 8. The highest BCUT2D eigenvalue weighted by Crippen LogP contribution is 1.70. The Bertz CT molecular complexity index is 260. The van der Waals surface area contributed by atoms with Crippen LogP contribution in [-0.4, -0.2) is 33.4 Å². The SMILES string of the molecule is C/C=N/O[B]ONC(C)=O.CC(=O)NO[B]ON.P. The van der Waals surface area contributed by atoms with E-state index in [4.69, 9.17) is 0 Å². The maximum atomic E-state index is 10.1. The lowest BCUT2D eigenvalue weighted by Gasteiger charge is -1.97. The summed E-state index contributed by atoms with van der Waals surface area (Å²) >= 11 is 0. The highest BCUT2D eigenvalue weighted by molar-refractivity contribution is 6.92. The van der Waals surface area contributed by atoms with Gasteiger partial charge >= 0.3 is 15.4 Å². The molecule has 10 nitrogen and oxygen atoms in total. The van der Waals surface area contributed by atoms with Crippen molar-refractivity contribution in [1.82, 2.24) is 11.0 Å². The first-order chi connectivity index (χ1) is 8.54. The Kier molecular flexibility index (Phi) is 23.1. The zero-order valence-electron chi connectivity index (χ0n) is 10.9. The van der Waals surface area contributed by atoms with Crippen LogP contribution in [0.3, 0.4) is 0 Å². The summed E-state index contributed by atoms with van der Waals surface area (Å²) in [4.78, 5) is 20.1. The zero-order valence-corrected chi connectivity index (χ0v) is 12.3. The minimum absolute atomic E-state index is 0. The Morgan fingerprint density at radius 3 is 2.00 bits per heavy atom. The molecule has 19 heavy (non-hydrogen) atoms. The number of nitrogens with one attached hydrogen (secondary N) is 2. The summed E-state index contributed by atoms with van der Waals surface area (Å²) in [5, 5.41) is 3.31. The lowest BCUT2D eigenvalue weighted by Crippen LogP contribution is -2.24. The Morgan fingerprint density at radius 2 is 1.63 bits per heavy atom. The zero-order chi connectivity index (χ0) is 14.2. The van der Waals surface area contributed by atoms with Gasteiger partial charge in [0.2, 0.25) is 11.8 Å². The first kappa shape index (κ1) is 22.9. The van der Waals surface area contributed by atoms with Crippen molar-refractivity contribution >= 4 is 43.3 Å². The van der Waals surface area contributed by atoms with Gasteiger partial charge in [-0.05, 0) is 6.92 Å². The molecule has 0 saturated heterocycles. The summed E-state index contributed by atoms with van der Waals surface area (Å²) in [6, 6.07) is 0. The van der Waals surface area contributed by atoms with Crippen molar-refractivity contribution in [1.29, 1.82) is 0 Å². The number of amides is 2. The van der Waals surface area contributed by atoms with E-state index in [0.717, 1.165) is 15.4 Å². The predicted molar refractivity (Wildman–Crippen MR) is 72.9 cm³/mol. The summed E-state index contributed by atoms with van der Waals surface area (Å²) in [5.74, 6) is 3.86. The molecule has 0 spiro atoms. The monoisotopic (exact) mass is 294 g/mol. The number of hydroxylamine groups is 2. The van der Waals surface area contributed by atoms with Crippen LogP contribution in [0.2, 0.25) is 0 Å². The van der Waals surface area contributed by atoms with E-state index in [1.54, 1.807) is 6.92 Å². The first-order valence-corrected chi connectivity index (χ1v) is 4.51. The molecule has 0 aromatic heterocycles. The topological polar surface area (TPSA) is 134 Å². The summed E-state index contributed by atoms with van der Waals surface area (Å²) in [6.07, 6.45) is 1.44. The third kappa shape index (κ3) is 31.6. The Balaban J connectivity index is -0.000000262. The third-order valence-electron chi connectivity index (χ3n) is 0.766. The second-order valence-corrected chi connectivity index (χ2v) is 2.35. The van der Waals surface area contributed by atoms with Crippen LogP contribution in [0, 0.1) is 0 Å². The lowest BCUT2D eigenvalue weighted by atomic mass is 10.4. The minimum atomic E-state index is -0.321. The van der Waals surface area contributed by atoms with Gasteiger partial charge in [-0.1, -0.05) is 0 Å². The van der Waals surface area contributed by atoms with Crippen LogP contribution in [0.1, 0.15) is 20.8 Å². The summed E-state index contributed by atoms with van der Waals surface area (Å²) < 4.78 is 16.7. The largest absolute Gasteiger partial charge is 0.619 e. The fourth-order valence-corrected chi connectivity index (χ4v) is 0.349. The maximum Gasteiger partial charge on any atom is 0.619 e. The van der Waals surface area contributed by atoms with E-state index >= 15 is 0 Å². The van der Waals surface area contributed by atoms with Crippen molar-refractivity contribution in [3.63, 3.8) is 0 Å². The molecule has 0 aromatic carbocycles. The number of rotatable bonds is 7. The van der Waals surface area contributed by atoms with Crippen molar-refractivity contribution < 1.29 is 28.6 Å². The van der Waals surface area contributed by atoms with Crippen molar-refractivity contribution in [2.24, 2.45) is 11.1 Å². The second-order valence-electron chi connectivity index (χ2n) is 2.35. The highest BCUT2D eigenvalue weighted by atomic mass is 31.0. The Morgan fingerprint density at radius 1 is 1.16 bits per heavy atom. The first-order valence-electron chi connectivity index (χ1n) is 4.51.